The number of hydrogen-bond acceptors (Lipinski definition) is 3. The Kier molecular flexibility index (Phi) is 4.51. The van der Waals surface area contributed by atoms with Crippen molar-refractivity contribution < 1.29 is 9.53 Å². The minimum Gasteiger partial charge on any atom is -0.453 e. The van der Waals surface area contributed by atoms with Gasteiger partial charge in [-0.05, 0) is 24.6 Å². The third kappa shape index (κ3) is 3.48. The van der Waals surface area contributed by atoms with Gasteiger partial charge in [0.25, 0.3) is 0 Å². The molecule has 3 heteroatoms. The lowest BCUT2D eigenvalue weighted by atomic mass is 10.1. The van der Waals surface area contributed by atoms with Crippen molar-refractivity contribution in [3.8, 4) is 0 Å². The van der Waals surface area contributed by atoms with E-state index in [1.807, 2.05) is 0 Å². The van der Waals surface area contributed by atoms with E-state index in [9.17, 15) is 4.79 Å². The number of rotatable bonds is 5. The number of carbonyl (C=O) groups is 1. The van der Waals surface area contributed by atoms with Crippen molar-refractivity contribution >= 4 is 17.1 Å². The Morgan fingerprint density at radius 3 is 2.92 bits per heavy atom. The van der Waals surface area contributed by atoms with Crippen molar-refractivity contribution in [3.05, 3.63) is 0 Å². The Balaban J connectivity index is 1.97. The molecule has 1 unspecified atom stereocenters. The van der Waals surface area contributed by atoms with Gasteiger partial charge in [-0.25, -0.2) is 4.79 Å². The molecule has 1 fully saturated rings. The molecule has 2 nitrogen and oxygen atoms in total. The van der Waals surface area contributed by atoms with Crippen molar-refractivity contribution in [3.63, 3.8) is 0 Å². The van der Waals surface area contributed by atoms with E-state index in [2.05, 4.69) is 6.92 Å². The van der Waals surface area contributed by atoms with Gasteiger partial charge in [0.05, 0.1) is 0 Å². The molecule has 1 rings (SSSR count). The normalized spacial score (nSPS) is 22.8. The SMILES string of the molecule is CCCCCCC1CSC(=O)O1. The van der Waals surface area contributed by atoms with Crippen molar-refractivity contribution in [2.24, 2.45) is 0 Å². The van der Waals surface area contributed by atoms with Crippen LogP contribution < -0.4 is 0 Å². The van der Waals surface area contributed by atoms with Crippen LogP contribution in [0.1, 0.15) is 39.0 Å². The smallest absolute Gasteiger partial charge is 0.367 e. The molecule has 0 bridgehead atoms. The summed E-state index contributed by atoms with van der Waals surface area (Å²) in [7, 11) is 0. The molecule has 1 atom stereocenters. The first-order valence-corrected chi connectivity index (χ1v) is 5.65. The van der Waals surface area contributed by atoms with Gasteiger partial charge in [-0.1, -0.05) is 26.2 Å². The van der Waals surface area contributed by atoms with Crippen molar-refractivity contribution in [2.75, 3.05) is 5.75 Å². The summed E-state index contributed by atoms with van der Waals surface area (Å²) >= 11 is 1.31. The molecular formula is C9H16O2S. The van der Waals surface area contributed by atoms with Gasteiger partial charge < -0.3 is 4.74 Å². The van der Waals surface area contributed by atoms with E-state index < -0.39 is 0 Å². The highest BCUT2D eigenvalue weighted by atomic mass is 32.2. The van der Waals surface area contributed by atoms with E-state index in [4.69, 9.17) is 4.74 Å². The fraction of sp³-hybridized carbons (Fsp3) is 0.889. The molecule has 0 aromatic carbocycles. The number of cyclic esters (lactones) is 1. The highest BCUT2D eigenvalue weighted by molar-refractivity contribution is 8.13. The quantitative estimate of drug-likeness (QED) is 0.489. The summed E-state index contributed by atoms with van der Waals surface area (Å²) in [6, 6.07) is 0. The standard InChI is InChI=1S/C9H16O2S/c1-2-3-4-5-6-8-7-12-9(10)11-8/h8H,2-7H2,1H3. The topological polar surface area (TPSA) is 26.3 Å². The third-order valence-corrected chi connectivity index (χ3v) is 2.90. The zero-order valence-corrected chi connectivity index (χ0v) is 8.36. The van der Waals surface area contributed by atoms with E-state index >= 15 is 0 Å². The molecule has 1 aliphatic rings. The second kappa shape index (κ2) is 5.46. The van der Waals surface area contributed by atoms with Crippen LogP contribution >= 0.6 is 11.8 Å². The number of hydrogen-bond donors (Lipinski definition) is 0. The average molecular weight is 188 g/mol. The molecule has 0 amide bonds. The highest BCUT2D eigenvalue weighted by Crippen LogP contribution is 2.23. The summed E-state index contributed by atoms with van der Waals surface area (Å²) in [5.41, 5.74) is 0. The van der Waals surface area contributed by atoms with Crippen molar-refractivity contribution in [1.29, 1.82) is 0 Å². The first kappa shape index (κ1) is 9.90. The first-order valence-electron chi connectivity index (χ1n) is 4.66. The van der Waals surface area contributed by atoms with Crippen LogP contribution in [-0.2, 0) is 4.74 Å². The second-order valence-corrected chi connectivity index (χ2v) is 4.11. The molecule has 70 valence electrons. The van der Waals surface area contributed by atoms with E-state index in [1.165, 1.54) is 37.4 Å². The zero-order chi connectivity index (χ0) is 8.81. The van der Waals surface area contributed by atoms with Crippen LogP contribution in [0.4, 0.5) is 4.79 Å². The van der Waals surface area contributed by atoms with Gasteiger partial charge in [0, 0.05) is 5.75 Å². The lowest BCUT2D eigenvalue weighted by Gasteiger charge is -2.06. The van der Waals surface area contributed by atoms with Gasteiger partial charge >= 0.3 is 5.30 Å². The van der Waals surface area contributed by atoms with E-state index in [1.54, 1.807) is 0 Å². The monoisotopic (exact) mass is 188 g/mol. The molecule has 0 N–H and O–H groups in total. The molecule has 0 spiro atoms. The number of ether oxygens (including phenoxy) is 1. The Morgan fingerprint density at radius 1 is 1.50 bits per heavy atom. The molecule has 12 heavy (non-hydrogen) atoms. The van der Waals surface area contributed by atoms with Gasteiger partial charge in [0.2, 0.25) is 0 Å². The van der Waals surface area contributed by atoms with Crippen LogP contribution in [0.15, 0.2) is 0 Å². The minimum absolute atomic E-state index is 0.0875. The van der Waals surface area contributed by atoms with Crippen LogP contribution in [0, 0.1) is 0 Å². The van der Waals surface area contributed by atoms with E-state index in [-0.39, 0.29) is 11.4 Å². The van der Waals surface area contributed by atoms with E-state index in [0.717, 1.165) is 12.2 Å². The average Bonchev–Trinajstić information content (AvgIpc) is 2.45. The number of carbonyl (C=O) groups excluding carboxylic acids is 1. The predicted octanol–water partition coefficient (Wildman–Crippen LogP) is 3.21. The summed E-state index contributed by atoms with van der Waals surface area (Å²) in [5, 5.41) is -0.0875. The van der Waals surface area contributed by atoms with Gasteiger partial charge in [0.15, 0.2) is 0 Å². The Hall–Kier alpha value is -0.180. The van der Waals surface area contributed by atoms with Crippen LogP contribution in [-0.4, -0.2) is 17.2 Å². The maximum absolute atomic E-state index is 10.7. The lowest BCUT2D eigenvalue weighted by molar-refractivity contribution is 0.137. The molecule has 1 aliphatic heterocycles. The molecule has 0 aromatic heterocycles. The molecule has 1 saturated heterocycles. The minimum atomic E-state index is -0.0875. The van der Waals surface area contributed by atoms with Crippen LogP contribution in [0.5, 0.6) is 0 Å². The first-order chi connectivity index (χ1) is 5.83. The van der Waals surface area contributed by atoms with Crippen LogP contribution in [0.2, 0.25) is 0 Å². The fourth-order valence-corrected chi connectivity index (χ4v) is 2.07. The van der Waals surface area contributed by atoms with Gasteiger partial charge in [-0.2, -0.15) is 0 Å². The van der Waals surface area contributed by atoms with Gasteiger partial charge in [0.1, 0.15) is 6.10 Å². The van der Waals surface area contributed by atoms with Crippen molar-refractivity contribution in [1.82, 2.24) is 0 Å². The highest BCUT2D eigenvalue weighted by Gasteiger charge is 2.23. The molecule has 0 saturated carbocycles. The number of thioether (sulfide) groups is 1. The summed E-state index contributed by atoms with van der Waals surface area (Å²) in [6.07, 6.45) is 6.30. The summed E-state index contributed by atoms with van der Waals surface area (Å²) < 4.78 is 5.07. The summed E-state index contributed by atoms with van der Waals surface area (Å²) in [5.74, 6) is 0.866. The van der Waals surface area contributed by atoms with E-state index in [0.29, 0.717) is 0 Å². The summed E-state index contributed by atoms with van der Waals surface area (Å²) in [4.78, 5) is 10.7. The van der Waals surface area contributed by atoms with Crippen LogP contribution in [0.25, 0.3) is 0 Å². The second-order valence-electron chi connectivity index (χ2n) is 3.15. The summed E-state index contributed by atoms with van der Waals surface area (Å²) in [6.45, 7) is 2.20. The molecule has 0 aromatic rings. The molecular weight excluding hydrogens is 172 g/mol. The number of unbranched alkanes of at least 4 members (excludes halogenated alkanes) is 3. The van der Waals surface area contributed by atoms with Gasteiger partial charge in [-0.3, -0.25) is 0 Å². The van der Waals surface area contributed by atoms with Crippen molar-refractivity contribution in [2.45, 2.75) is 45.1 Å². The zero-order valence-electron chi connectivity index (χ0n) is 7.54. The maximum Gasteiger partial charge on any atom is 0.367 e. The molecule has 1 heterocycles. The van der Waals surface area contributed by atoms with Crippen LogP contribution in [0.3, 0.4) is 0 Å². The Morgan fingerprint density at radius 2 is 2.33 bits per heavy atom. The molecule has 0 radical (unpaired) electrons. The Bertz CT molecular complexity index is 147. The largest absolute Gasteiger partial charge is 0.453 e. The Labute approximate surface area is 78.1 Å². The lowest BCUT2D eigenvalue weighted by Crippen LogP contribution is -2.08. The third-order valence-electron chi connectivity index (χ3n) is 2.03. The van der Waals surface area contributed by atoms with Gasteiger partial charge in [-0.15, -0.1) is 0 Å². The maximum atomic E-state index is 10.7. The predicted molar refractivity (Wildman–Crippen MR) is 51.5 cm³/mol. The molecule has 0 aliphatic carbocycles. The fourth-order valence-electron chi connectivity index (χ4n) is 1.31.